The number of anilines is 1. The molecule has 4 heteroatoms. The maximum Gasteiger partial charge on any atom is 0.129 e. The van der Waals surface area contributed by atoms with Crippen molar-refractivity contribution in [2.45, 2.75) is 32.7 Å². The van der Waals surface area contributed by atoms with Crippen LogP contribution in [-0.4, -0.2) is 31.3 Å². The molecule has 0 radical (unpaired) electrons. The summed E-state index contributed by atoms with van der Waals surface area (Å²) in [6.45, 7) is 6.05. The molecule has 0 amide bonds. The first kappa shape index (κ1) is 13.8. The lowest BCUT2D eigenvalue weighted by Crippen LogP contribution is -2.37. The quantitative estimate of drug-likeness (QED) is 0.805. The summed E-state index contributed by atoms with van der Waals surface area (Å²) in [5.74, 6) is 1.89. The molecular formula is C14H21BrN2O. The van der Waals surface area contributed by atoms with Gasteiger partial charge in [-0.1, -0.05) is 0 Å². The first-order valence-electron chi connectivity index (χ1n) is 6.51. The lowest BCUT2D eigenvalue weighted by atomic mass is 10.1. The van der Waals surface area contributed by atoms with E-state index < -0.39 is 0 Å². The Morgan fingerprint density at radius 1 is 1.56 bits per heavy atom. The van der Waals surface area contributed by atoms with E-state index in [4.69, 9.17) is 4.74 Å². The van der Waals surface area contributed by atoms with Crippen molar-refractivity contribution >= 4 is 21.7 Å². The van der Waals surface area contributed by atoms with Crippen LogP contribution in [0.3, 0.4) is 0 Å². The predicted octanol–water partition coefficient (Wildman–Crippen LogP) is 3.40. The minimum atomic E-state index is 0.549. The van der Waals surface area contributed by atoms with Crippen molar-refractivity contribution in [3.05, 3.63) is 22.3 Å². The van der Waals surface area contributed by atoms with Gasteiger partial charge < -0.3 is 9.64 Å². The number of nitrogens with zero attached hydrogens (tertiary/aromatic N) is 2. The van der Waals surface area contributed by atoms with E-state index in [2.05, 4.69) is 45.7 Å². The van der Waals surface area contributed by atoms with Gasteiger partial charge in [-0.2, -0.15) is 0 Å². The average molecular weight is 313 g/mol. The van der Waals surface area contributed by atoms with E-state index in [9.17, 15) is 0 Å². The molecule has 1 saturated carbocycles. The number of hydrogen-bond donors (Lipinski definition) is 0. The number of halogens is 1. The second kappa shape index (κ2) is 6.02. The third kappa shape index (κ3) is 3.23. The van der Waals surface area contributed by atoms with E-state index in [0.717, 1.165) is 29.4 Å². The molecule has 0 bridgehead atoms. The van der Waals surface area contributed by atoms with Gasteiger partial charge in [-0.25, -0.2) is 4.98 Å². The van der Waals surface area contributed by atoms with Gasteiger partial charge in [-0.15, -0.1) is 0 Å². The van der Waals surface area contributed by atoms with Crippen LogP contribution in [0.25, 0.3) is 0 Å². The molecule has 1 heterocycles. The first-order chi connectivity index (χ1) is 8.63. The Balaban J connectivity index is 2.17. The normalized spacial score (nSPS) is 16.7. The third-order valence-corrected chi connectivity index (χ3v) is 4.49. The van der Waals surface area contributed by atoms with Crippen LogP contribution in [0, 0.1) is 12.8 Å². The Hall–Kier alpha value is -0.610. The number of aromatic nitrogens is 1. The lowest BCUT2D eigenvalue weighted by molar-refractivity contribution is 0.202. The van der Waals surface area contributed by atoms with E-state index >= 15 is 0 Å². The summed E-state index contributed by atoms with van der Waals surface area (Å²) in [4.78, 5) is 6.92. The molecule has 0 N–H and O–H groups in total. The zero-order valence-electron chi connectivity index (χ0n) is 11.3. The molecule has 1 aromatic heterocycles. The summed E-state index contributed by atoms with van der Waals surface area (Å²) in [6.07, 6.45) is 4.59. The Morgan fingerprint density at radius 2 is 2.28 bits per heavy atom. The highest BCUT2D eigenvalue weighted by molar-refractivity contribution is 9.10. The van der Waals surface area contributed by atoms with E-state index in [1.54, 1.807) is 7.11 Å². The number of pyridine rings is 1. The maximum absolute atomic E-state index is 5.22. The van der Waals surface area contributed by atoms with Gasteiger partial charge in [0.2, 0.25) is 0 Å². The van der Waals surface area contributed by atoms with Crippen molar-refractivity contribution in [2.75, 3.05) is 25.2 Å². The average Bonchev–Trinajstić information content (AvgIpc) is 3.18. The fraction of sp³-hybridized carbons (Fsp3) is 0.643. The standard InChI is InChI=1S/C14H21BrN2O/c1-10-8-14(16-9-13(10)15)17(6-7-18-3)11(2)12-4-5-12/h8-9,11-12H,4-7H2,1-3H3. The van der Waals surface area contributed by atoms with Crippen molar-refractivity contribution < 1.29 is 4.74 Å². The largest absolute Gasteiger partial charge is 0.383 e. The minimum Gasteiger partial charge on any atom is -0.383 e. The number of methoxy groups -OCH3 is 1. The van der Waals surface area contributed by atoms with Crippen molar-refractivity contribution in [1.82, 2.24) is 4.98 Å². The zero-order chi connectivity index (χ0) is 13.1. The molecule has 1 aromatic rings. The summed E-state index contributed by atoms with van der Waals surface area (Å²) in [6, 6.07) is 2.70. The van der Waals surface area contributed by atoms with Crippen molar-refractivity contribution in [3.8, 4) is 0 Å². The molecule has 1 fully saturated rings. The molecular weight excluding hydrogens is 292 g/mol. The number of hydrogen-bond acceptors (Lipinski definition) is 3. The Kier molecular flexibility index (Phi) is 4.62. The molecule has 1 aliphatic rings. The van der Waals surface area contributed by atoms with Gasteiger partial charge in [-0.05, 0) is 60.2 Å². The van der Waals surface area contributed by atoms with Crippen LogP contribution in [-0.2, 0) is 4.74 Å². The van der Waals surface area contributed by atoms with Crippen molar-refractivity contribution in [3.63, 3.8) is 0 Å². The molecule has 2 rings (SSSR count). The van der Waals surface area contributed by atoms with E-state index in [1.165, 1.54) is 18.4 Å². The highest BCUT2D eigenvalue weighted by atomic mass is 79.9. The van der Waals surface area contributed by atoms with Crippen molar-refractivity contribution in [1.29, 1.82) is 0 Å². The number of rotatable bonds is 6. The van der Waals surface area contributed by atoms with Crippen LogP contribution in [0.4, 0.5) is 5.82 Å². The minimum absolute atomic E-state index is 0.549. The molecule has 1 aliphatic carbocycles. The van der Waals surface area contributed by atoms with Gasteiger partial charge in [-0.3, -0.25) is 0 Å². The molecule has 0 aromatic carbocycles. The van der Waals surface area contributed by atoms with Gasteiger partial charge in [0.05, 0.1) is 6.61 Å². The SMILES string of the molecule is COCCN(c1cc(C)c(Br)cn1)C(C)C1CC1. The van der Waals surface area contributed by atoms with Gasteiger partial charge >= 0.3 is 0 Å². The molecule has 1 unspecified atom stereocenters. The first-order valence-corrected chi connectivity index (χ1v) is 7.30. The second-order valence-corrected chi connectivity index (χ2v) is 5.91. The molecule has 18 heavy (non-hydrogen) atoms. The molecule has 0 saturated heterocycles. The fourth-order valence-electron chi connectivity index (χ4n) is 2.23. The van der Waals surface area contributed by atoms with E-state index in [1.807, 2.05) is 6.20 Å². The summed E-state index contributed by atoms with van der Waals surface area (Å²) in [5.41, 5.74) is 1.23. The Morgan fingerprint density at radius 3 is 2.83 bits per heavy atom. The smallest absolute Gasteiger partial charge is 0.129 e. The number of aryl methyl sites for hydroxylation is 1. The summed E-state index contributed by atoms with van der Waals surface area (Å²) in [5, 5.41) is 0. The highest BCUT2D eigenvalue weighted by Crippen LogP contribution is 2.36. The van der Waals surface area contributed by atoms with Crippen LogP contribution in [0.15, 0.2) is 16.7 Å². The van der Waals surface area contributed by atoms with Crippen LogP contribution < -0.4 is 4.90 Å². The summed E-state index contributed by atoms with van der Waals surface area (Å²) >= 11 is 3.50. The van der Waals surface area contributed by atoms with Crippen LogP contribution in [0.1, 0.15) is 25.3 Å². The molecule has 0 aliphatic heterocycles. The van der Waals surface area contributed by atoms with Crippen molar-refractivity contribution in [2.24, 2.45) is 5.92 Å². The van der Waals surface area contributed by atoms with E-state index in [0.29, 0.717) is 6.04 Å². The van der Waals surface area contributed by atoms with Crippen LogP contribution >= 0.6 is 15.9 Å². The Labute approximate surface area is 118 Å². The Bertz CT molecular complexity index is 407. The summed E-state index contributed by atoms with van der Waals surface area (Å²) in [7, 11) is 1.75. The van der Waals surface area contributed by atoms with Gasteiger partial charge in [0.1, 0.15) is 5.82 Å². The molecule has 100 valence electrons. The maximum atomic E-state index is 5.22. The predicted molar refractivity (Wildman–Crippen MR) is 78.1 cm³/mol. The molecule has 1 atom stereocenters. The molecule has 3 nitrogen and oxygen atoms in total. The zero-order valence-corrected chi connectivity index (χ0v) is 12.9. The second-order valence-electron chi connectivity index (χ2n) is 5.06. The van der Waals surface area contributed by atoms with Gasteiger partial charge in [0, 0.05) is 30.4 Å². The monoisotopic (exact) mass is 312 g/mol. The van der Waals surface area contributed by atoms with Crippen LogP contribution in [0.2, 0.25) is 0 Å². The van der Waals surface area contributed by atoms with Gasteiger partial charge in [0.15, 0.2) is 0 Å². The molecule has 0 spiro atoms. The highest BCUT2D eigenvalue weighted by Gasteiger charge is 2.32. The third-order valence-electron chi connectivity index (χ3n) is 3.66. The van der Waals surface area contributed by atoms with Gasteiger partial charge in [0.25, 0.3) is 0 Å². The fourth-order valence-corrected chi connectivity index (χ4v) is 2.45. The topological polar surface area (TPSA) is 25.4 Å². The van der Waals surface area contributed by atoms with Crippen LogP contribution in [0.5, 0.6) is 0 Å². The van der Waals surface area contributed by atoms with E-state index in [-0.39, 0.29) is 0 Å². The summed E-state index contributed by atoms with van der Waals surface area (Å²) < 4.78 is 6.29. The number of ether oxygens (including phenoxy) is 1. The lowest BCUT2D eigenvalue weighted by Gasteiger charge is -2.30.